The lowest BCUT2D eigenvalue weighted by atomic mass is 10.1. The molecule has 1 fully saturated rings. The average molecular weight is 285 g/mol. The van der Waals surface area contributed by atoms with Gasteiger partial charge in [-0.25, -0.2) is 0 Å². The number of hydrogen-bond donors (Lipinski definition) is 0. The Labute approximate surface area is 126 Å². The third-order valence-corrected chi connectivity index (χ3v) is 4.24. The normalized spacial score (nSPS) is 16.6. The largest absolute Gasteiger partial charge is 0.550 e. The summed E-state index contributed by atoms with van der Waals surface area (Å²) >= 11 is 0. The predicted molar refractivity (Wildman–Crippen MR) is 83.3 cm³/mol. The molecule has 0 bridgehead atoms. The van der Waals surface area contributed by atoms with Crippen molar-refractivity contribution in [2.24, 2.45) is 0 Å². The number of likely N-dealkylation sites (tertiary alicyclic amines) is 1. The van der Waals surface area contributed by atoms with E-state index in [-0.39, 0.29) is 0 Å². The molecule has 0 N–H and O–H groups in total. The van der Waals surface area contributed by atoms with E-state index in [9.17, 15) is 0 Å². The highest BCUT2D eigenvalue weighted by Gasteiger charge is 2.30. The van der Waals surface area contributed by atoms with Gasteiger partial charge >= 0.3 is 0 Å². The molecule has 1 aliphatic rings. The molecule has 0 aliphatic carbocycles. The second-order valence-corrected chi connectivity index (χ2v) is 6.20. The van der Waals surface area contributed by atoms with E-state index >= 15 is 0 Å². The van der Waals surface area contributed by atoms with Crippen LogP contribution in [0.15, 0.2) is 0 Å². The van der Waals surface area contributed by atoms with Crippen LogP contribution < -0.4 is 5.11 Å². The molecule has 0 aromatic rings. The van der Waals surface area contributed by atoms with Gasteiger partial charge in [-0.1, -0.05) is 39.5 Å². The van der Waals surface area contributed by atoms with Crippen LogP contribution in [0.1, 0.15) is 78.6 Å². The monoisotopic (exact) mass is 285 g/mol. The molecule has 0 atom stereocenters. The van der Waals surface area contributed by atoms with Crippen molar-refractivity contribution in [2.45, 2.75) is 78.6 Å². The minimum absolute atomic E-state index is 0.972. The molecule has 0 saturated carbocycles. The Kier molecular flexibility index (Phi) is 11.8. The molecule has 0 aromatic heterocycles. The number of hydrogen-bond acceptors (Lipinski definition) is 2. The smallest absolute Gasteiger partial charge is 0.0788 e. The molecule has 0 aromatic carbocycles. The van der Waals surface area contributed by atoms with Crippen LogP contribution in [0.2, 0.25) is 0 Å². The summed E-state index contributed by atoms with van der Waals surface area (Å²) in [4.78, 5) is 8.89. The Bertz CT molecular complexity index is 231. The molecule has 0 unspecified atom stereocenters. The molecule has 0 spiro atoms. The van der Waals surface area contributed by atoms with Gasteiger partial charge in [0.25, 0.3) is 0 Å². The Morgan fingerprint density at radius 3 is 1.85 bits per heavy atom. The van der Waals surface area contributed by atoms with Crippen molar-refractivity contribution < 1.29 is 14.4 Å². The van der Waals surface area contributed by atoms with Gasteiger partial charge in [0, 0.05) is 18.8 Å². The molecule has 120 valence electrons. The number of quaternary nitrogens is 1. The minimum Gasteiger partial charge on any atom is -0.550 e. The fourth-order valence-corrected chi connectivity index (χ4v) is 3.11. The number of aliphatic carboxylic acids is 1. The first kappa shape index (κ1) is 19.4. The fourth-order valence-electron chi connectivity index (χ4n) is 3.11. The molecule has 0 radical (unpaired) electrons. The van der Waals surface area contributed by atoms with E-state index in [4.69, 9.17) is 9.90 Å². The number of rotatable bonds is 9. The lowest BCUT2D eigenvalue weighted by Crippen LogP contribution is -2.46. The van der Waals surface area contributed by atoms with Crippen molar-refractivity contribution in [2.75, 3.05) is 26.2 Å². The maximum absolute atomic E-state index is 8.89. The van der Waals surface area contributed by atoms with E-state index in [1.54, 1.807) is 0 Å². The zero-order valence-corrected chi connectivity index (χ0v) is 14.0. The van der Waals surface area contributed by atoms with Gasteiger partial charge in [-0.15, -0.1) is 0 Å². The first-order valence-electron chi connectivity index (χ1n) is 8.59. The standard InChI is InChI=1S/C15H32N.C2H4O2/c1-3-5-7-8-9-13-16(12-6-4-2)14-10-11-15-16;1-2(3)4/h3-15H2,1-2H3;1H3,(H,3,4)/q+1;/p-1. The molecule has 1 aliphatic heterocycles. The Hall–Kier alpha value is -0.570. The topological polar surface area (TPSA) is 40.1 Å². The van der Waals surface area contributed by atoms with Crippen LogP contribution in [0.4, 0.5) is 0 Å². The second-order valence-electron chi connectivity index (χ2n) is 6.20. The van der Waals surface area contributed by atoms with Gasteiger partial charge < -0.3 is 14.4 Å². The number of carboxylic acid groups (broad SMARTS) is 1. The Morgan fingerprint density at radius 2 is 1.35 bits per heavy atom. The summed E-state index contributed by atoms with van der Waals surface area (Å²) in [6, 6.07) is 0. The van der Waals surface area contributed by atoms with Crippen molar-refractivity contribution in [3.05, 3.63) is 0 Å². The van der Waals surface area contributed by atoms with E-state index in [1.807, 2.05) is 0 Å². The van der Waals surface area contributed by atoms with Crippen LogP contribution in [0.25, 0.3) is 0 Å². The highest BCUT2D eigenvalue weighted by molar-refractivity contribution is 5.60. The summed E-state index contributed by atoms with van der Waals surface area (Å²) in [5, 5.41) is 8.89. The van der Waals surface area contributed by atoms with Gasteiger partial charge in [0.15, 0.2) is 0 Å². The number of carbonyl (C=O) groups excluding carboxylic acids is 1. The van der Waals surface area contributed by atoms with Crippen molar-refractivity contribution >= 4 is 5.97 Å². The molecule has 1 heterocycles. The van der Waals surface area contributed by atoms with Gasteiger partial charge in [0.1, 0.15) is 0 Å². The summed E-state index contributed by atoms with van der Waals surface area (Å²) in [6.07, 6.45) is 13.0. The lowest BCUT2D eigenvalue weighted by Gasteiger charge is -2.34. The summed E-state index contributed by atoms with van der Waals surface area (Å²) in [7, 11) is 0. The minimum atomic E-state index is -1.08. The van der Waals surface area contributed by atoms with Crippen LogP contribution in [0.3, 0.4) is 0 Å². The van der Waals surface area contributed by atoms with E-state index in [0.29, 0.717) is 0 Å². The van der Waals surface area contributed by atoms with Crippen molar-refractivity contribution in [1.82, 2.24) is 0 Å². The fraction of sp³-hybridized carbons (Fsp3) is 0.941. The molecule has 3 nitrogen and oxygen atoms in total. The van der Waals surface area contributed by atoms with Gasteiger partial charge in [-0.05, 0) is 26.2 Å². The molecular weight excluding hydrogens is 250 g/mol. The maximum atomic E-state index is 8.89. The van der Waals surface area contributed by atoms with Crippen molar-refractivity contribution in [1.29, 1.82) is 0 Å². The first-order chi connectivity index (χ1) is 9.56. The van der Waals surface area contributed by atoms with Crippen molar-refractivity contribution in [3.8, 4) is 0 Å². The summed E-state index contributed by atoms with van der Waals surface area (Å²) < 4.78 is 1.47. The number of carboxylic acids is 1. The Morgan fingerprint density at radius 1 is 0.900 bits per heavy atom. The van der Waals surface area contributed by atoms with E-state index in [2.05, 4.69) is 13.8 Å². The quantitative estimate of drug-likeness (QED) is 0.482. The third-order valence-electron chi connectivity index (χ3n) is 4.24. The SMILES string of the molecule is CC(=O)[O-].CCCCCCC[N+]1(CCCC)CCCC1. The highest BCUT2D eigenvalue weighted by atomic mass is 16.4. The van der Waals surface area contributed by atoms with E-state index in [0.717, 1.165) is 6.92 Å². The predicted octanol–water partition coefficient (Wildman–Crippen LogP) is 3.12. The van der Waals surface area contributed by atoms with Crippen LogP contribution >= 0.6 is 0 Å². The number of unbranched alkanes of at least 4 members (excludes halogenated alkanes) is 5. The third kappa shape index (κ3) is 10.2. The second kappa shape index (κ2) is 12.2. The average Bonchev–Trinajstić information content (AvgIpc) is 2.85. The summed E-state index contributed by atoms with van der Waals surface area (Å²) in [6.45, 7) is 11.5. The summed E-state index contributed by atoms with van der Waals surface area (Å²) in [5.74, 6) is -1.08. The van der Waals surface area contributed by atoms with Crippen LogP contribution in [0.5, 0.6) is 0 Å². The van der Waals surface area contributed by atoms with Gasteiger partial charge in [-0.3, -0.25) is 0 Å². The maximum Gasteiger partial charge on any atom is 0.0788 e. The van der Waals surface area contributed by atoms with Gasteiger partial charge in [0.05, 0.1) is 26.2 Å². The molecule has 1 rings (SSSR count). The zero-order valence-electron chi connectivity index (χ0n) is 14.0. The van der Waals surface area contributed by atoms with Gasteiger partial charge in [-0.2, -0.15) is 0 Å². The Balaban J connectivity index is 0.000000796. The molecule has 0 amide bonds. The van der Waals surface area contributed by atoms with Gasteiger partial charge in [0.2, 0.25) is 0 Å². The van der Waals surface area contributed by atoms with Crippen LogP contribution in [0, 0.1) is 0 Å². The zero-order chi connectivity index (χ0) is 15.3. The lowest BCUT2D eigenvalue weighted by molar-refractivity contribution is -0.917. The van der Waals surface area contributed by atoms with E-state index < -0.39 is 5.97 Å². The number of nitrogens with zero attached hydrogens (tertiary/aromatic N) is 1. The molecular formula is C17H35NO2. The van der Waals surface area contributed by atoms with Crippen molar-refractivity contribution in [3.63, 3.8) is 0 Å². The molecule has 1 saturated heterocycles. The molecule has 3 heteroatoms. The van der Waals surface area contributed by atoms with Crippen LogP contribution in [-0.2, 0) is 4.79 Å². The molecule has 20 heavy (non-hydrogen) atoms. The summed E-state index contributed by atoms with van der Waals surface area (Å²) in [5.41, 5.74) is 0. The number of carbonyl (C=O) groups is 1. The van der Waals surface area contributed by atoms with E-state index in [1.165, 1.54) is 88.4 Å². The first-order valence-corrected chi connectivity index (χ1v) is 8.59. The highest BCUT2D eigenvalue weighted by Crippen LogP contribution is 2.22. The van der Waals surface area contributed by atoms with Crippen LogP contribution in [-0.4, -0.2) is 36.6 Å².